The Labute approximate surface area is 140 Å². The van der Waals surface area contributed by atoms with Gasteiger partial charge in [0.2, 0.25) is 5.91 Å². The fourth-order valence-corrected chi connectivity index (χ4v) is 6.15. The van der Waals surface area contributed by atoms with Crippen LogP contribution < -0.4 is 23.0 Å². The first kappa shape index (κ1) is 16.6. The van der Waals surface area contributed by atoms with Gasteiger partial charge in [0.1, 0.15) is 0 Å². The molecule has 5 aliphatic carbocycles. The number of halogens is 1. The van der Waals surface area contributed by atoms with Gasteiger partial charge in [-0.2, -0.15) is 0 Å². The van der Waals surface area contributed by atoms with Gasteiger partial charge < -0.3 is 23.0 Å². The van der Waals surface area contributed by atoms with Gasteiger partial charge in [-0.3, -0.25) is 4.79 Å². The van der Waals surface area contributed by atoms with Crippen LogP contribution in [0.4, 0.5) is 0 Å². The van der Waals surface area contributed by atoms with Crippen molar-refractivity contribution >= 4 is 5.91 Å². The van der Waals surface area contributed by atoms with Crippen molar-refractivity contribution in [1.82, 2.24) is 10.6 Å². The Balaban J connectivity index is 0.00000144. The molecule has 5 saturated carbocycles. The number of carbonyl (C=O) groups excluding carboxylic acids is 1. The van der Waals surface area contributed by atoms with E-state index in [9.17, 15) is 4.79 Å². The molecule has 126 valence electrons. The lowest BCUT2D eigenvalue weighted by Crippen LogP contribution is -3.00. The second-order valence-corrected chi connectivity index (χ2v) is 8.46. The molecule has 0 atom stereocenters. The van der Waals surface area contributed by atoms with Crippen molar-refractivity contribution in [1.29, 1.82) is 0 Å². The van der Waals surface area contributed by atoms with Gasteiger partial charge in [-0.25, -0.2) is 0 Å². The predicted molar refractivity (Wildman–Crippen MR) is 83.9 cm³/mol. The summed E-state index contributed by atoms with van der Waals surface area (Å²) in [5.41, 5.74) is 0.181. The standard InChI is InChI=1S/C18H30N2O.ClH/c21-17(12-19-16-4-2-1-3-5-16)20-18-9-13-6-14(10-18)8-15(7-13)11-18;/h13-16,19H,1-12H2,(H,20,21);1H/p-1. The van der Waals surface area contributed by atoms with Gasteiger partial charge in [0.25, 0.3) is 0 Å². The Morgan fingerprint density at radius 1 is 0.909 bits per heavy atom. The molecule has 5 aliphatic rings. The third-order valence-corrected chi connectivity index (χ3v) is 6.60. The predicted octanol–water partition coefficient (Wildman–Crippen LogP) is -0.00230. The SMILES string of the molecule is O=C(CNC1CCCCC1)NC12CC3CC(CC(C3)C1)C2.[Cl-]. The van der Waals surface area contributed by atoms with E-state index < -0.39 is 0 Å². The normalized spacial score (nSPS) is 40.3. The fraction of sp³-hybridized carbons (Fsp3) is 0.944. The van der Waals surface area contributed by atoms with E-state index >= 15 is 0 Å². The van der Waals surface area contributed by atoms with E-state index in [1.807, 2.05) is 0 Å². The fourth-order valence-electron chi connectivity index (χ4n) is 6.15. The molecule has 3 nitrogen and oxygen atoms in total. The lowest BCUT2D eigenvalue weighted by atomic mass is 9.53. The monoisotopic (exact) mass is 325 g/mol. The van der Waals surface area contributed by atoms with Crippen LogP contribution >= 0.6 is 0 Å². The molecule has 4 heteroatoms. The molecule has 0 saturated heterocycles. The molecule has 0 aliphatic heterocycles. The third-order valence-electron chi connectivity index (χ3n) is 6.60. The smallest absolute Gasteiger partial charge is 0.234 e. The van der Waals surface area contributed by atoms with Gasteiger partial charge in [0.05, 0.1) is 6.54 Å². The van der Waals surface area contributed by atoms with Gasteiger partial charge in [-0.05, 0) is 69.1 Å². The molecule has 0 aromatic carbocycles. The summed E-state index contributed by atoms with van der Waals surface area (Å²) in [5, 5.41) is 6.95. The van der Waals surface area contributed by atoms with Crippen molar-refractivity contribution in [3.63, 3.8) is 0 Å². The molecule has 0 aromatic rings. The van der Waals surface area contributed by atoms with Crippen molar-refractivity contribution in [3.05, 3.63) is 0 Å². The molecule has 0 heterocycles. The van der Waals surface area contributed by atoms with Crippen LogP contribution in [0.3, 0.4) is 0 Å². The van der Waals surface area contributed by atoms with Crippen LogP contribution in [0.25, 0.3) is 0 Å². The average Bonchev–Trinajstić information content (AvgIpc) is 2.44. The molecule has 2 N–H and O–H groups in total. The topological polar surface area (TPSA) is 41.1 Å². The molecule has 0 spiro atoms. The van der Waals surface area contributed by atoms with E-state index in [1.54, 1.807) is 0 Å². The van der Waals surface area contributed by atoms with E-state index in [1.165, 1.54) is 70.6 Å². The average molecular weight is 326 g/mol. The Hall–Kier alpha value is -0.280. The molecular weight excluding hydrogens is 296 g/mol. The van der Waals surface area contributed by atoms with Crippen LogP contribution in [0.15, 0.2) is 0 Å². The molecule has 22 heavy (non-hydrogen) atoms. The summed E-state index contributed by atoms with van der Waals surface area (Å²) < 4.78 is 0. The largest absolute Gasteiger partial charge is 1.00 e. The van der Waals surface area contributed by atoms with Crippen LogP contribution in [0, 0.1) is 17.8 Å². The highest BCUT2D eigenvalue weighted by atomic mass is 35.5. The Kier molecular flexibility index (Phi) is 5.04. The zero-order valence-corrected chi connectivity index (χ0v) is 14.3. The van der Waals surface area contributed by atoms with Crippen molar-refractivity contribution in [2.75, 3.05) is 6.54 Å². The van der Waals surface area contributed by atoms with Crippen molar-refractivity contribution in [2.24, 2.45) is 17.8 Å². The Morgan fingerprint density at radius 3 is 2.00 bits per heavy atom. The molecule has 5 rings (SSSR count). The van der Waals surface area contributed by atoms with E-state index in [2.05, 4.69) is 10.6 Å². The summed E-state index contributed by atoms with van der Waals surface area (Å²) >= 11 is 0. The highest BCUT2D eigenvalue weighted by Gasteiger charge is 2.51. The van der Waals surface area contributed by atoms with Gasteiger partial charge in [-0.1, -0.05) is 19.3 Å². The number of nitrogens with one attached hydrogen (secondary N) is 2. The minimum atomic E-state index is 0. The quantitative estimate of drug-likeness (QED) is 0.764. The van der Waals surface area contributed by atoms with E-state index in [-0.39, 0.29) is 23.9 Å². The Morgan fingerprint density at radius 2 is 1.45 bits per heavy atom. The number of hydrogen-bond acceptors (Lipinski definition) is 2. The van der Waals surface area contributed by atoms with Crippen molar-refractivity contribution < 1.29 is 17.2 Å². The van der Waals surface area contributed by atoms with Crippen molar-refractivity contribution in [3.8, 4) is 0 Å². The highest BCUT2D eigenvalue weighted by Crippen LogP contribution is 2.55. The maximum absolute atomic E-state index is 12.4. The molecule has 5 fully saturated rings. The zero-order valence-electron chi connectivity index (χ0n) is 13.6. The highest BCUT2D eigenvalue weighted by molar-refractivity contribution is 5.79. The number of rotatable bonds is 4. The maximum atomic E-state index is 12.4. The molecule has 0 unspecified atom stereocenters. The first-order valence-corrected chi connectivity index (χ1v) is 9.25. The number of hydrogen-bond donors (Lipinski definition) is 2. The second kappa shape index (κ2) is 6.68. The van der Waals surface area contributed by atoms with Crippen LogP contribution in [-0.2, 0) is 4.79 Å². The number of amides is 1. The van der Waals surface area contributed by atoms with Gasteiger partial charge in [0.15, 0.2) is 0 Å². The minimum absolute atomic E-state index is 0. The van der Waals surface area contributed by atoms with Gasteiger partial charge in [0, 0.05) is 11.6 Å². The van der Waals surface area contributed by atoms with Gasteiger partial charge in [-0.15, -0.1) is 0 Å². The van der Waals surface area contributed by atoms with E-state index in [0.29, 0.717) is 12.6 Å². The summed E-state index contributed by atoms with van der Waals surface area (Å²) in [6.45, 7) is 0.534. The second-order valence-electron chi connectivity index (χ2n) is 8.46. The molecule has 4 bridgehead atoms. The minimum Gasteiger partial charge on any atom is -1.00 e. The lowest BCUT2D eigenvalue weighted by Gasteiger charge is -2.56. The number of carbonyl (C=O) groups is 1. The molecular formula is C18H30ClN2O-. The summed E-state index contributed by atoms with van der Waals surface area (Å²) in [6, 6.07) is 0.584. The zero-order chi connectivity index (χ0) is 14.3. The summed E-state index contributed by atoms with van der Waals surface area (Å²) in [4.78, 5) is 12.4. The molecule has 0 aromatic heterocycles. The lowest BCUT2D eigenvalue weighted by molar-refractivity contribution is -0.126. The summed E-state index contributed by atoms with van der Waals surface area (Å²) in [7, 11) is 0. The molecule has 1 amide bonds. The Bertz CT molecular complexity index is 371. The first-order chi connectivity index (χ1) is 10.2. The van der Waals surface area contributed by atoms with Crippen LogP contribution in [0.1, 0.15) is 70.6 Å². The maximum Gasteiger partial charge on any atom is 0.234 e. The first-order valence-electron chi connectivity index (χ1n) is 9.25. The molecule has 0 radical (unpaired) electrons. The van der Waals surface area contributed by atoms with E-state index in [0.717, 1.165) is 17.8 Å². The summed E-state index contributed by atoms with van der Waals surface area (Å²) in [5.74, 6) is 2.97. The third kappa shape index (κ3) is 3.46. The van der Waals surface area contributed by atoms with Crippen molar-refractivity contribution in [2.45, 2.75) is 82.2 Å². The van der Waals surface area contributed by atoms with Crippen LogP contribution in [-0.4, -0.2) is 24.0 Å². The van der Waals surface area contributed by atoms with Crippen LogP contribution in [0.5, 0.6) is 0 Å². The van der Waals surface area contributed by atoms with E-state index in [4.69, 9.17) is 0 Å². The summed E-state index contributed by atoms with van der Waals surface area (Å²) in [6.07, 6.45) is 14.6. The van der Waals surface area contributed by atoms with Gasteiger partial charge >= 0.3 is 0 Å². The van der Waals surface area contributed by atoms with Crippen LogP contribution in [0.2, 0.25) is 0 Å².